The molecule has 2 fully saturated rings. The number of alkyl halides is 5. The molecule has 0 aliphatic carbocycles. The molecule has 17 heteroatoms. The third-order valence-corrected chi connectivity index (χ3v) is 11.4. The summed E-state index contributed by atoms with van der Waals surface area (Å²) in [5.41, 5.74) is 6.52. The monoisotopic (exact) mass is 708 g/mol. The Morgan fingerprint density at radius 1 is 1.15 bits per heavy atom. The molecule has 5 rings (SSSR count). The van der Waals surface area contributed by atoms with Crippen LogP contribution >= 0.6 is 11.8 Å². The molecule has 0 saturated carbocycles. The van der Waals surface area contributed by atoms with E-state index in [2.05, 4.69) is 0 Å². The Hall–Kier alpha value is -2.31. The first-order valence-electron chi connectivity index (χ1n) is 15.7. The van der Waals surface area contributed by atoms with Gasteiger partial charge in [0.05, 0.1) is 36.7 Å². The molecule has 4 heterocycles. The molecule has 0 radical (unpaired) electrons. The highest BCUT2D eigenvalue weighted by Gasteiger charge is 2.37. The van der Waals surface area contributed by atoms with Gasteiger partial charge in [-0.2, -0.15) is 22.6 Å². The molecule has 262 valence electrons. The number of nitrogens with two attached hydrogens (primary N) is 1. The number of carbonyl (C=O) groups is 1. The number of hydrogen-bond donors (Lipinski definition) is 2. The number of nitrogens with zero attached hydrogens (tertiary/aromatic N) is 5. The number of aliphatic hydroxyl groups excluding tert-OH is 1. The lowest BCUT2D eigenvalue weighted by Crippen LogP contribution is -2.43. The number of hydrogen-bond acceptors (Lipinski definition) is 8. The van der Waals surface area contributed by atoms with Gasteiger partial charge in [-0.1, -0.05) is 6.07 Å². The molecule has 2 aromatic rings. The van der Waals surface area contributed by atoms with Crippen molar-refractivity contribution >= 4 is 27.7 Å². The number of carbonyl (C=O) groups excluding carboxylic acids is 1. The Morgan fingerprint density at radius 3 is 2.51 bits per heavy atom. The highest BCUT2D eigenvalue weighted by Crippen LogP contribution is 2.40. The zero-order valence-corrected chi connectivity index (χ0v) is 27.8. The van der Waals surface area contributed by atoms with Gasteiger partial charge in [0, 0.05) is 72.4 Å². The lowest BCUT2D eigenvalue weighted by molar-refractivity contribution is -0.139. The average molecular weight is 709 g/mol. The van der Waals surface area contributed by atoms with Crippen LogP contribution in [-0.4, -0.2) is 113 Å². The van der Waals surface area contributed by atoms with Crippen molar-refractivity contribution in [1.82, 2.24) is 23.9 Å². The van der Waals surface area contributed by atoms with Crippen molar-refractivity contribution in [3.63, 3.8) is 0 Å². The number of rotatable bonds is 11. The molecule has 1 atom stereocenters. The largest absolute Gasteiger partial charge is 0.417 e. The van der Waals surface area contributed by atoms with E-state index in [0.29, 0.717) is 74.4 Å². The van der Waals surface area contributed by atoms with Crippen molar-refractivity contribution in [3.8, 4) is 11.3 Å². The third-order valence-electron chi connectivity index (χ3n) is 9.11. The van der Waals surface area contributed by atoms with Crippen LogP contribution in [0.3, 0.4) is 0 Å². The molecular formula is C30H41F5N6O4S2. The van der Waals surface area contributed by atoms with E-state index in [1.807, 2.05) is 4.90 Å². The predicted octanol–water partition coefficient (Wildman–Crippen LogP) is 3.27. The molecule has 10 nitrogen and oxygen atoms in total. The fourth-order valence-corrected chi connectivity index (χ4v) is 8.54. The molecule has 3 aliphatic rings. The lowest BCUT2D eigenvalue weighted by Gasteiger charge is -2.32. The number of halogens is 5. The number of thioether (sulfide) groups is 1. The molecule has 1 aromatic heterocycles. The molecule has 3 aliphatic heterocycles. The van der Waals surface area contributed by atoms with Gasteiger partial charge >= 0.3 is 6.18 Å². The summed E-state index contributed by atoms with van der Waals surface area (Å²) in [6.07, 6.45) is -2.79. The first-order chi connectivity index (χ1) is 22.0. The minimum absolute atomic E-state index is 0.0209. The van der Waals surface area contributed by atoms with E-state index in [4.69, 9.17) is 10.8 Å². The summed E-state index contributed by atoms with van der Waals surface area (Å²) < 4.78 is 97.7. The number of sulfonamides is 1. The van der Waals surface area contributed by atoms with E-state index in [-0.39, 0.29) is 55.1 Å². The highest BCUT2D eigenvalue weighted by molar-refractivity contribution is 7.99. The summed E-state index contributed by atoms with van der Waals surface area (Å²) in [6, 6.07) is 3.66. The maximum absolute atomic E-state index is 14.1. The van der Waals surface area contributed by atoms with Gasteiger partial charge in [0.2, 0.25) is 15.9 Å². The second kappa shape index (κ2) is 14.3. The maximum atomic E-state index is 14.1. The van der Waals surface area contributed by atoms with E-state index in [0.717, 1.165) is 24.1 Å². The fourth-order valence-electron chi connectivity index (χ4n) is 6.63. The predicted molar refractivity (Wildman–Crippen MR) is 167 cm³/mol. The normalized spacial score (nSPS) is 21.1. The van der Waals surface area contributed by atoms with Crippen molar-refractivity contribution in [3.05, 3.63) is 35.0 Å². The minimum Gasteiger partial charge on any atom is -0.390 e. The van der Waals surface area contributed by atoms with Crippen LogP contribution in [0, 0.1) is 5.92 Å². The Bertz CT molecular complexity index is 1550. The maximum Gasteiger partial charge on any atom is 0.417 e. The number of aromatic nitrogens is 2. The number of β-amino-alcohol motifs (C(OH)–C–C–N with tert-alkyl or cyclic N) is 1. The van der Waals surface area contributed by atoms with E-state index in [1.165, 1.54) is 16.4 Å². The van der Waals surface area contributed by atoms with Gasteiger partial charge in [-0.3, -0.25) is 14.4 Å². The second-order valence-corrected chi connectivity index (χ2v) is 15.8. The summed E-state index contributed by atoms with van der Waals surface area (Å²) in [4.78, 5) is 15.0. The van der Waals surface area contributed by atoms with Gasteiger partial charge in [-0.15, -0.1) is 11.8 Å². The number of primary amides is 1. The number of fused-ring (bicyclic) bond motifs is 1. The minimum atomic E-state index is -4.65. The van der Waals surface area contributed by atoms with Gasteiger partial charge in [-0.25, -0.2) is 17.2 Å². The van der Waals surface area contributed by atoms with E-state index < -0.39 is 40.3 Å². The van der Waals surface area contributed by atoms with Crippen molar-refractivity contribution in [2.24, 2.45) is 11.7 Å². The molecule has 1 aromatic carbocycles. The lowest BCUT2D eigenvalue weighted by atomic mass is 9.96. The molecule has 0 bridgehead atoms. The van der Waals surface area contributed by atoms with Crippen LogP contribution in [0.4, 0.5) is 22.0 Å². The standard InChI is InChI=1S/C30H41F5N6O4S2/c1-47(44,45)40-12-7-25-23(18-40)27(37-41(25)17-22(42)16-38-10-5-20(6-11-38)28(36)43)21-3-4-24(30(33,34)35)26(15-21)46-14-13-39-9-2-8-29(31,32)19-39/h3-4,15,20,22,42H,2,5-14,16-19H2,1H3,(H2,36,43)/t22-/m0/s1. The Balaban J connectivity index is 1.39. The number of aliphatic hydroxyl groups is 1. The fraction of sp³-hybridized carbons (Fsp3) is 0.667. The van der Waals surface area contributed by atoms with Crippen LogP contribution in [0.1, 0.15) is 42.5 Å². The number of piperidine rings is 2. The zero-order valence-electron chi connectivity index (χ0n) is 26.2. The Morgan fingerprint density at radius 2 is 1.87 bits per heavy atom. The van der Waals surface area contributed by atoms with E-state index >= 15 is 0 Å². The van der Waals surface area contributed by atoms with Crippen LogP contribution in [-0.2, 0) is 40.5 Å². The number of benzene rings is 1. The first-order valence-corrected chi connectivity index (χ1v) is 18.5. The van der Waals surface area contributed by atoms with Gasteiger partial charge < -0.3 is 15.7 Å². The molecule has 3 N–H and O–H groups in total. The van der Waals surface area contributed by atoms with Crippen molar-refractivity contribution in [2.45, 2.75) is 68.3 Å². The SMILES string of the molecule is CS(=O)(=O)N1CCc2c(c(-c3ccc(C(F)(F)F)c(SCCN4CCCC(F)(F)C4)c3)nn2C[C@@H](O)CN2CCC(C(N)=O)CC2)C1. The topological polar surface area (TPSA) is 125 Å². The Kier molecular flexibility index (Phi) is 10.9. The number of likely N-dealkylation sites (tertiary alicyclic amines) is 2. The summed E-state index contributed by atoms with van der Waals surface area (Å²) in [5.74, 6) is -3.17. The molecular weight excluding hydrogens is 667 g/mol. The summed E-state index contributed by atoms with van der Waals surface area (Å²) in [5, 5.41) is 15.7. The van der Waals surface area contributed by atoms with Crippen molar-refractivity contribution in [2.75, 3.05) is 57.8 Å². The van der Waals surface area contributed by atoms with Crippen LogP contribution in [0.25, 0.3) is 11.3 Å². The molecule has 1 amide bonds. The van der Waals surface area contributed by atoms with Crippen molar-refractivity contribution in [1.29, 1.82) is 0 Å². The van der Waals surface area contributed by atoms with E-state index in [9.17, 15) is 40.3 Å². The van der Waals surface area contributed by atoms with Crippen LogP contribution in [0.5, 0.6) is 0 Å². The summed E-state index contributed by atoms with van der Waals surface area (Å²) in [7, 11) is -3.58. The van der Waals surface area contributed by atoms with Gasteiger partial charge in [0.1, 0.15) is 0 Å². The quantitative estimate of drug-likeness (QED) is 0.270. The van der Waals surface area contributed by atoms with Crippen LogP contribution in [0.2, 0.25) is 0 Å². The molecule has 0 spiro atoms. The second-order valence-electron chi connectivity index (χ2n) is 12.7. The molecule has 47 heavy (non-hydrogen) atoms. The van der Waals surface area contributed by atoms with Gasteiger partial charge in [0.15, 0.2) is 0 Å². The highest BCUT2D eigenvalue weighted by atomic mass is 32.2. The summed E-state index contributed by atoms with van der Waals surface area (Å²) >= 11 is 0.936. The van der Waals surface area contributed by atoms with Gasteiger partial charge in [-0.05, 0) is 51.0 Å². The number of amides is 1. The van der Waals surface area contributed by atoms with Gasteiger partial charge in [0.25, 0.3) is 5.92 Å². The smallest absolute Gasteiger partial charge is 0.390 e. The van der Waals surface area contributed by atoms with Crippen LogP contribution < -0.4 is 5.73 Å². The first kappa shape index (κ1) is 36.0. The summed E-state index contributed by atoms with van der Waals surface area (Å²) in [6.45, 7) is 2.01. The average Bonchev–Trinajstić information content (AvgIpc) is 3.33. The van der Waals surface area contributed by atoms with Crippen LogP contribution in [0.15, 0.2) is 23.1 Å². The van der Waals surface area contributed by atoms with Crippen molar-refractivity contribution < 1.29 is 40.3 Å². The Labute approximate surface area is 275 Å². The molecule has 0 unspecified atom stereocenters. The third kappa shape index (κ3) is 9.03. The van der Waals surface area contributed by atoms with E-state index in [1.54, 1.807) is 9.58 Å². The molecule has 2 saturated heterocycles. The zero-order chi connectivity index (χ0) is 34.1.